The molecule has 2 aromatic rings. The second kappa shape index (κ2) is 5.83. The Morgan fingerprint density at radius 3 is 2.55 bits per heavy atom. The number of rotatable bonds is 3. The first kappa shape index (κ1) is 14.8. The van der Waals surface area contributed by atoms with Gasteiger partial charge in [-0.25, -0.2) is 0 Å². The van der Waals surface area contributed by atoms with Crippen LogP contribution in [0.25, 0.3) is 0 Å². The van der Waals surface area contributed by atoms with Crippen molar-refractivity contribution in [1.82, 2.24) is 4.98 Å². The highest BCUT2D eigenvalue weighted by atomic mass is 79.9. The molecular weight excluding hydrogens is 333 g/mol. The third-order valence-corrected chi connectivity index (χ3v) is 3.13. The Hall–Kier alpha value is -1.56. The lowest BCUT2D eigenvalue weighted by atomic mass is 10.2. The number of nitrogens with one attached hydrogen (secondary N) is 1. The van der Waals surface area contributed by atoms with Crippen molar-refractivity contribution in [2.45, 2.75) is 19.6 Å². The largest absolute Gasteiger partial charge is 0.416 e. The number of pyridine rings is 1. The second-order valence-corrected chi connectivity index (χ2v) is 5.32. The maximum absolute atomic E-state index is 12.7. The molecule has 0 unspecified atom stereocenters. The smallest absolute Gasteiger partial charge is 0.379 e. The molecule has 0 saturated heterocycles. The molecule has 1 N–H and O–H groups in total. The van der Waals surface area contributed by atoms with E-state index in [1.54, 1.807) is 12.3 Å². The maximum Gasteiger partial charge on any atom is 0.416 e. The van der Waals surface area contributed by atoms with E-state index in [1.165, 1.54) is 0 Å². The Morgan fingerprint density at radius 1 is 1.20 bits per heavy atom. The van der Waals surface area contributed by atoms with Crippen LogP contribution in [-0.2, 0) is 12.7 Å². The average Bonchev–Trinajstić information content (AvgIpc) is 2.36. The number of alkyl halides is 3. The van der Waals surface area contributed by atoms with Gasteiger partial charge in [0.2, 0.25) is 0 Å². The molecule has 0 aliphatic rings. The molecule has 0 aliphatic heterocycles. The van der Waals surface area contributed by atoms with E-state index in [2.05, 4.69) is 26.2 Å². The van der Waals surface area contributed by atoms with Gasteiger partial charge in [-0.1, -0.05) is 22.0 Å². The van der Waals surface area contributed by atoms with E-state index in [1.807, 2.05) is 19.1 Å². The minimum Gasteiger partial charge on any atom is -0.379 e. The normalized spacial score (nSPS) is 11.4. The van der Waals surface area contributed by atoms with Crippen LogP contribution in [0, 0.1) is 6.92 Å². The SMILES string of the molecule is Cc1ccc(CNc2cc(Br)cc(C(F)(F)F)c2)nc1. The van der Waals surface area contributed by atoms with E-state index in [-0.39, 0.29) is 0 Å². The highest BCUT2D eigenvalue weighted by Gasteiger charge is 2.31. The zero-order valence-corrected chi connectivity index (χ0v) is 12.2. The number of halogens is 4. The molecule has 0 radical (unpaired) electrons. The van der Waals surface area contributed by atoms with Gasteiger partial charge in [0.1, 0.15) is 0 Å². The van der Waals surface area contributed by atoms with E-state index in [4.69, 9.17) is 0 Å². The standard InChI is InChI=1S/C14H12BrF3N2/c1-9-2-3-12(19-7-9)8-20-13-5-10(14(16,17)18)4-11(15)6-13/h2-7,20H,8H2,1H3. The van der Waals surface area contributed by atoms with Gasteiger partial charge in [0.25, 0.3) is 0 Å². The van der Waals surface area contributed by atoms with Crippen molar-refractivity contribution in [3.8, 4) is 0 Å². The highest BCUT2D eigenvalue weighted by molar-refractivity contribution is 9.10. The van der Waals surface area contributed by atoms with Crippen LogP contribution in [-0.4, -0.2) is 4.98 Å². The Bertz CT molecular complexity index is 594. The molecule has 106 valence electrons. The van der Waals surface area contributed by atoms with Gasteiger partial charge in [-0.3, -0.25) is 4.98 Å². The Balaban J connectivity index is 2.13. The number of hydrogen-bond acceptors (Lipinski definition) is 2. The summed E-state index contributed by atoms with van der Waals surface area (Å²) in [6.07, 6.45) is -2.64. The minimum absolute atomic E-state index is 0.369. The summed E-state index contributed by atoms with van der Waals surface area (Å²) in [5.74, 6) is 0. The molecule has 2 nitrogen and oxygen atoms in total. The molecule has 0 atom stereocenters. The van der Waals surface area contributed by atoms with Crippen LogP contribution >= 0.6 is 15.9 Å². The Kier molecular flexibility index (Phi) is 4.32. The van der Waals surface area contributed by atoms with Crippen molar-refractivity contribution in [2.75, 3.05) is 5.32 Å². The number of nitrogens with zero attached hydrogens (tertiary/aromatic N) is 1. The third kappa shape index (κ3) is 3.96. The summed E-state index contributed by atoms with van der Waals surface area (Å²) in [5, 5.41) is 2.94. The molecule has 6 heteroatoms. The summed E-state index contributed by atoms with van der Waals surface area (Å²) in [6, 6.07) is 7.48. The fourth-order valence-corrected chi connectivity index (χ4v) is 2.14. The van der Waals surface area contributed by atoms with Gasteiger partial charge in [0.05, 0.1) is 17.8 Å². The first-order chi connectivity index (χ1) is 9.34. The topological polar surface area (TPSA) is 24.9 Å². The Labute approximate surface area is 123 Å². The van der Waals surface area contributed by atoms with Crippen LogP contribution in [0.5, 0.6) is 0 Å². The summed E-state index contributed by atoms with van der Waals surface area (Å²) in [7, 11) is 0. The van der Waals surface area contributed by atoms with Gasteiger partial charge in [0.15, 0.2) is 0 Å². The summed E-state index contributed by atoms with van der Waals surface area (Å²) < 4.78 is 38.5. The van der Waals surface area contributed by atoms with Gasteiger partial charge < -0.3 is 5.32 Å². The van der Waals surface area contributed by atoms with E-state index in [9.17, 15) is 13.2 Å². The van der Waals surface area contributed by atoms with Gasteiger partial charge in [-0.15, -0.1) is 0 Å². The van der Waals surface area contributed by atoms with E-state index in [0.717, 1.165) is 23.4 Å². The molecule has 0 amide bonds. The lowest BCUT2D eigenvalue weighted by molar-refractivity contribution is -0.137. The molecule has 1 aromatic carbocycles. The number of aryl methyl sites for hydroxylation is 1. The monoisotopic (exact) mass is 344 g/mol. The maximum atomic E-state index is 12.7. The molecule has 2 rings (SSSR count). The summed E-state index contributed by atoms with van der Waals surface area (Å²) in [6.45, 7) is 2.29. The van der Waals surface area contributed by atoms with Crippen molar-refractivity contribution < 1.29 is 13.2 Å². The van der Waals surface area contributed by atoms with Crippen molar-refractivity contribution in [3.05, 3.63) is 57.8 Å². The van der Waals surface area contributed by atoms with E-state index < -0.39 is 11.7 Å². The zero-order chi connectivity index (χ0) is 14.8. The van der Waals surface area contributed by atoms with Crippen molar-refractivity contribution >= 4 is 21.6 Å². The molecule has 0 spiro atoms. The van der Waals surface area contributed by atoms with Crippen LogP contribution < -0.4 is 5.32 Å². The van der Waals surface area contributed by atoms with Crippen LogP contribution in [0.4, 0.5) is 18.9 Å². The second-order valence-electron chi connectivity index (χ2n) is 4.41. The highest BCUT2D eigenvalue weighted by Crippen LogP contribution is 2.33. The van der Waals surface area contributed by atoms with Gasteiger partial charge in [0, 0.05) is 16.4 Å². The first-order valence-electron chi connectivity index (χ1n) is 5.88. The minimum atomic E-state index is -4.36. The lowest BCUT2D eigenvalue weighted by Gasteiger charge is -2.11. The number of hydrogen-bond donors (Lipinski definition) is 1. The number of anilines is 1. The van der Waals surface area contributed by atoms with Gasteiger partial charge >= 0.3 is 6.18 Å². The molecule has 20 heavy (non-hydrogen) atoms. The zero-order valence-electron chi connectivity index (χ0n) is 10.6. The first-order valence-corrected chi connectivity index (χ1v) is 6.67. The van der Waals surface area contributed by atoms with Crippen molar-refractivity contribution in [1.29, 1.82) is 0 Å². The van der Waals surface area contributed by atoms with Crippen LogP contribution in [0.1, 0.15) is 16.8 Å². The number of aromatic nitrogens is 1. The average molecular weight is 345 g/mol. The van der Waals surface area contributed by atoms with Crippen LogP contribution in [0.3, 0.4) is 0 Å². The Morgan fingerprint density at radius 2 is 1.95 bits per heavy atom. The molecule has 0 aliphatic carbocycles. The van der Waals surface area contributed by atoms with Crippen LogP contribution in [0.2, 0.25) is 0 Å². The molecular formula is C14H12BrF3N2. The quantitative estimate of drug-likeness (QED) is 0.866. The summed E-state index contributed by atoms with van der Waals surface area (Å²) in [4.78, 5) is 4.19. The fourth-order valence-electron chi connectivity index (χ4n) is 1.65. The fraction of sp³-hybridized carbons (Fsp3) is 0.214. The molecule has 0 bridgehead atoms. The summed E-state index contributed by atoms with van der Waals surface area (Å²) in [5.41, 5.74) is 1.51. The van der Waals surface area contributed by atoms with Gasteiger partial charge in [-0.2, -0.15) is 13.2 Å². The van der Waals surface area contributed by atoms with Crippen LogP contribution in [0.15, 0.2) is 41.0 Å². The molecule has 0 fully saturated rings. The third-order valence-electron chi connectivity index (χ3n) is 2.67. The van der Waals surface area contributed by atoms with E-state index >= 15 is 0 Å². The lowest BCUT2D eigenvalue weighted by Crippen LogP contribution is -2.07. The predicted octanol–water partition coefficient (Wildman–Crippen LogP) is 4.78. The molecule has 0 saturated carbocycles. The van der Waals surface area contributed by atoms with Crippen molar-refractivity contribution in [2.24, 2.45) is 0 Å². The van der Waals surface area contributed by atoms with Crippen molar-refractivity contribution in [3.63, 3.8) is 0 Å². The van der Waals surface area contributed by atoms with E-state index in [0.29, 0.717) is 16.7 Å². The summed E-state index contributed by atoms with van der Waals surface area (Å²) >= 11 is 3.09. The molecule has 1 heterocycles. The van der Waals surface area contributed by atoms with Gasteiger partial charge in [-0.05, 0) is 36.8 Å². The predicted molar refractivity (Wildman–Crippen MR) is 75.4 cm³/mol. The number of benzene rings is 1. The molecule has 1 aromatic heterocycles.